The topological polar surface area (TPSA) is 91.0 Å². The molecule has 0 saturated heterocycles. The molecule has 0 aliphatic heterocycles. The van der Waals surface area contributed by atoms with E-state index in [0.29, 0.717) is 11.4 Å². The minimum absolute atomic E-state index is 0.0973. The number of anilines is 1. The number of carbonyl (C=O) groups excluding carboxylic acids is 2. The summed E-state index contributed by atoms with van der Waals surface area (Å²) >= 11 is 0. The van der Waals surface area contributed by atoms with Crippen LogP contribution in [0.4, 0.5) is 5.82 Å². The standard InChI is InChI=1S/C20H23N5O3/c1-13(2)24-18(10-12-21-24)23-19(26)15(4)28-20(27)16-5-7-17(8-6-16)25-14(3)9-11-22-25/h5-13,15H,1-4H3,(H,23,26)/t15-/m1/s1. The summed E-state index contributed by atoms with van der Waals surface area (Å²) in [6, 6.07) is 10.6. The van der Waals surface area contributed by atoms with Gasteiger partial charge in [0.15, 0.2) is 6.10 Å². The smallest absolute Gasteiger partial charge is 0.338 e. The van der Waals surface area contributed by atoms with Crippen LogP contribution in [-0.4, -0.2) is 37.5 Å². The van der Waals surface area contributed by atoms with E-state index < -0.39 is 18.0 Å². The van der Waals surface area contributed by atoms with E-state index in [1.807, 2.05) is 26.8 Å². The van der Waals surface area contributed by atoms with Gasteiger partial charge in [0.25, 0.3) is 5.91 Å². The van der Waals surface area contributed by atoms with Gasteiger partial charge in [0.1, 0.15) is 5.82 Å². The second kappa shape index (κ2) is 8.08. The Morgan fingerprint density at radius 2 is 1.68 bits per heavy atom. The molecule has 2 heterocycles. The molecule has 1 amide bonds. The maximum absolute atomic E-state index is 12.4. The summed E-state index contributed by atoms with van der Waals surface area (Å²) in [7, 11) is 0. The van der Waals surface area contributed by atoms with Crippen LogP contribution in [-0.2, 0) is 9.53 Å². The van der Waals surface area contributed by atoms with Gasteiger partial charge in [-0.05, 0) is 58.0 Å². The number of carbonyl (C=O) groups is 2. The Balaban J connectivity index is 1.63. The van der Waals surface area contributed by atoms with Gasteiger partial charge in [0, 0.05) is 24.0 Å². The maximum atomic E-state index is 12.4. The first-order chi connectivity index (χ1) is 13.4. The van der Waals surface area contributed by atoms with Crippen LogP contribution in [0.3, 0.4) is 0 Å². The second-order valence-electron chi connectivity index (χ2n) is 6.72. The summed E-state index contributed by atoms with van der Waals surface area (Å²) < 4.78 is 8.75. The maximum Gasteiger partial charge on any atom is 0.338 e. The van der Waals surface area contributed by atoms with Crippen molar-refractivity contribution in [3.8, 4) is 5.69 Å². The van der Waals surface area contributed by atoms with Gasteiger partial charge in [-0.15, -0.1) is 0 Å². The first kappa shape index (κ1) is 19.3. The van der Waals surface area contributed by atoms with Gasteiger partial charge in [-0.1, -0.05) is 0 Å². The van der Waals surface area contributed by atoms with Crippen LogP contribution in [0.15, 0.2) is 48.8 Å². The van der Waals surface area contributed by atoms with E-state index in [9.17, 15) is 9.59 Å². The Labute approximate surface area is 163 Å². The van der Waals surface area contributed by atoms with Gasteiger partial charge in [-0.3, -0.25) is 4.79 Å². The Bertz CT molecular complexity index is 972. The summed E-state index contributed by atoms with van der Waals surface area (Å²) in [5, 5.41) is 11.1. The molecule has 1 atom stereocenters. The van der Waals surface area contributed by atoms with E-state index in [1.54, 1.807) is 52.1 Å². The highest BCUT2D eigenvalue weighted by Crippen LogP contribution is 2.15. The third kappa shape index (κ3) is 4.11. The fourth-order valence-corrected chi connectivity index (χ4v) is 2.71. The average Bonchev–Trinajstić information content (AvgIpc) is 3.30. The van der Waals surface area contributed by atoms with Crippen molar-refractivity contribution < 1.29 is 14.3 Å². The fraction of sp³-hybridized carbons (Fsp3) is 0.300. The summed E-state index contributed by atoms with van der Waals surface area (Å²) in [6.45, 7) is 7.40. The molecule has 0 bridgehead atoms. The highest BCUT2D eigenvalue weighted by molar-refractivity contribution is 5.96. The lowest BCUT2D eigenvalue weighted by atomic mass is 10.2. The Hall–Kier alpha value is -3.42. The molecule has 0 fully saturated rings. The normalized spacial score (nSPS) is 12.0. The monoisotopic (exact) mass is 381 g/mol. The number of ether oxygens (including phenoxy) is 1. The average molecular weight is 381 g/mol. The lowest BCUT2D eigenvalue weighted by molar-refractivity contribution is -0.123. The van der Waals surface area contributed by atoms with Crippen molar-refractivity contribution in [2.24, 2.45) is 0 Å². The van der Waals surface area contributed by atoms with Gasteiger partial charge >= 0.3 is 5.97 Å². The molecule has 2 aromatic heterocycles. The number of aryl methyl sites for hydroxylation is 1. The van der Waals surface area contributed by atoms with Crippen molar-refractivity contribution in [2.45, 2.75) is 39.8 Å². The van der Waals surface area contributed by atoms with Crippen molar-refractivity contribution >= 4 is 17.7 Å². The second-order valence-corrected chi connectivity index (χ2v) is 6.72. The van der Waals surface area contributed by atoms with Crippen LogP contribution in [0.25, 0.3) is 5.69 Å². The molecular weight excluding hydrogens is 358 g/mol. The van der Waals surface area contributed by atoms with E-state index in [1.165, 1.54) is 6.92 Å². The lowest BCUT2D eigenvalue weighted by Crippen LogP contribution is -2.31. The van der Waals surface area contributed by atoms with Gasteiger partial charge in [0.2, 0.25) is 0 Å². The van der Waals surface area contributed by atoms with Crippen molar-refractivity contribution in [1.29, 1.82) is 0 Å². The zero-order valence-corrected chi connectivity index (χ0v) is 16.3. The van der Waals surface area contributed by atoms with Crippen molar-refractivity contribution in [1.82, 2.24) is 19.6 Å². The summed E-state index contributed by atoms with van der Waals surface area (Å²) in [5.74, 6) is -0.426. The minimum Gasteiger partial charge on any atom is -0.449 e. The zero-order chi connectivity index (χ0) is 20.3. The number of hydrogen-bond donors (Lipinski definition) is 1. The van der Waals surface area contributed by atoms with Crippen molar-refractivity contribution in [2.75, 3.05) is 5.32 Å². The first-order valence-corrected chi connectivity index (χ1v) is 9.03. The Kier molecular flexibility index (Phi) is 5.58. The number of nitrogens with one attached hydrogen (secondary N) is 1. The number of rotatable bonds is 6. The van der Waals surface area contributed by atoms with Crippen molar-refractivity contribution in [3.05, 3.63) is 60.0 Å². The van der Waals surface area contributed by atoms with E-state index in [0.717, 1.165) is 11.4 Å². The fourth-order valence-electron chi connectivity index (χ4n) is 2.71. The largest absolute Gasteiger partial charge is 0.449 e. The highest BCUT2D eigenvalue weighted by Gasteiger charge is 2.20. The quantitative estimate of drug-likeness (QED) is 0.663. The third-order valence-corrected chi connectivity index (χ3v) is 4.24. The predicted octanol–water partition coefficient (Wildman–Crippen LogP) is 3.14. The molecule has 0 spiro atoms. The molecule has 0 radical (unpaired) electrons. The van der Waals surface area contributed by atoms with E-state index in [-0.39, 0.29) is 6.04 Å². The number of benzene rings is 1. The van der Waals surface area contributed by atoms with Crippen LogP contribution >= 0.6 is 0 Å². The summed E-state index contributed by atoms with van der Waals surface area (Å²) in [4.78, 5) is 24.7. The molecule has 0 unspecified atom stereocenters. The van der Waals surface area contributed by atoms with E-state index in [4.69, 9.17) is 4.74 Å². The summed E-state index contributed by atoms with van der Waals surface area (Å²) in [6.07, 6.45) is 2.37. The SMILES string of the molecule is Cc1ccnn1-c1ccc(C(=O)O[C@H](C)C(=O)Nc2ccnn2C(C)C)cc1. The van der Waals surface area contributed by atoms with Crippen LogP contribution in [0, 0.1) is 6.92 Å². The molecule has 3 rings (SSSR count). The number of nitrogens with zero attached hydrogens (tertiary/aromatic N) is 4. The van der Waals surface area contributed by atoms with Gasteiger partial charge in [-0.2, -0.15) is 10.2 Å². The van der Waals surface area contributed by atoms with E-state index in [2.05, 4.69) is 15.5 Å². The van der Waals surface area contributed by atoms with Crippen LogP contribution in [0.1, 0.15) is 42.9 Å². The van der Waals surface area contributed by atoms with Gasteiger partial charge < -0.3 is 10.1 Å². The summed E-state index contributed by atoms with van der Waals surface area (Å²) in [5.41, 5.74) is 2.19. The molecule has 0 aliphatic carbocycles. The van der Waals surface area contributed by atoms with Crippen LogP contribution < -0.4 is 5.32 Å². The molecule has 3 aromatic rings. The highest BCUT2D eigenvalue weighted by atomic mass is 16.5. The molecule has 146 valence electrons. The third-order valence-electron chi connectivity index (χ3n) is 4.24. The predicted molar refractivity (Wildman–Crippen MR) is 104 cm³/mol. The Morgan fingerprint density at radius 1 is 1.00 bits per heavy atom. The minimum atomic E-state index is -0.948. The zero-order valence-electron chi connectivity index (χ0n) is 16.3. The Morgan fingerprint density at radius 3 is 2.29 bits per heavy atom. The van der Waals surface area contributed by atoms with E-state index >= 15 is 0 Å². The molecule has 0 aliphatic rings. The number of esters is 1. The molecular formula is C20H23N5O3. The van der Waals surface area contributed by atoms with Crippen LogP contribution in [0.2, 0.25) is 0 Å². The number of amides is 1. The molecule has 28 heavy (non-hydrogen) atoms. The molecule has 1 aromatic carbocycles. The number of aromatic nitrogens is 4. The first-order valence-electron chi connectivity index (χ1n) is 9.03. The van der Waals surface area contributed by atoms with Crippen molar-refractivity contribution in [3.63, 3.8) is 0 Å². The molecule has 8 nitrogen and oxygen atoms in total. The molecule has 0 saturated carbocycles. The van der Waals surface area contributed by atoms with Gasteiger partial charge in [0.05, 0.1) is 17.4 Å². The van der Waals surface area contributed by atoms with Crippen LogP contribution in [0.5, 0.6) is 0 Å². The molecule has 8 heteroatoms. The molecule has 1 N–H and O–H groups in total. The van der Waals surface area contributed by atoms with Gasteiger partial charge in [-0.25, -0.2) is 14.2 Å². The number of hydrogen-bond acceptors (Lipinski definition) is 5. The lowest BCUT2D eigenvalue weighted by Gasteiger charge is -2.16.